The topological polar surface area (TPSA) is 90.2 Å². The van der Waals surface area contributed by atoms with Gasteiger partial charge in [-0.25, -0.2) is 13.0 Å². The minimum absolute atomic E-state index is 0.506. The first-order valence-electron chi connectivity index (χ1n) is 7.42. The van der Waals surface area contributed by atoms with Crippen molar-refractivity contribution in [2.45, 2.75) is 45.7 Å². The van der Waals surface area contributed by atoms with Gasteiger partial charge in [0, 0.05) is 24.1 Å². The molecule has 0 saturated heterocycles. The van der Waals surface area contributed by atoms with Gasteiger partial charge in [-0.3, -0.25) is 4.79 Å². The van der Waals surface area contributed by atoms with Crippen LogP contribution in [0.4, 0.5) is 0 Å². The molecule has 0 atom stereocenters. The van der Waals surface area contributed by atoms with Gasteiger partial charge in [-0.1, -0.05) is 26.0 Å². The summed E-state index contributed by atoms with van der Waals surface area (Å²) in [4.78, 5) is 10.8. The number of carbonyl (C=O) groups is 1. The number of nitrogens with one attached hydrogen (secondary N) is 1. The number of pyridine rings is 1. The Balaban J connectivity index is 0.000000433. The maximum atomic E-state index is 10.8. The van der Waals surface area contributed by atoms with Crippen LogP contribution in [0.1, 0.15) is 33.6 Å². The van der Waals surface area contributed by atoms with E-state index in [1.54, 1.807) is 0 Å². The summed E-state index contributed by atoms with van der Waals surface area (Å²) < 4.78 is 33.4. The van der Waals surface area contributed by atoms with Crippen molar-refractivity contribution in [2.24, 2.45) is 0 Å². The van der Waals surface area contributed by atoms with E-state index in [-0.39, 0.29) is 0 Å². The molecule has 1 rings (SSSR count). The Morgan fingerprint density at radius 3 is 2.30 bits per heavy atom. The number of amides is 1. The Kier molecular flexibility index (Phi) is 9.36. The molecule has 23 heavy (non-hydrogen) atoms. The highest BCUT2D eigenvalue weighted by molar-refractivity contribution is 7.85. The van der Waals surface area contributed by atoms with Crippen LogP contribution >= 0.6 is 0 Å². The summed E-state index contributed by atoms with van der Waals surface area (Å²) in [6, 6.07) is 6.17. The number of rotatable bonds is 7. The molecule has 0 aliphatic carbocycles. The van der Waals surface area contributed by atoms with Crippen molar-refractivity contribution < 1.29 is 22.3 Å². The fourth-order valence-electron chi connectivity index (χ4n) is 1.79. The van der Waals surface area contributed by atoms with Gasteiger partial charge in [0.15, 0.2) is 12.4 Å². The van der Waals surface area contributed by atoms with Crippen LogP contribution in [0.2, 0.25) is 0 Å². The van der Waals surface area contributed by atoms with Gasteiger partial charge in [-0.05, 0) is 19.9 Å². The van der Waals surface area contributed by atoms with Gasteiger partial charge >= 0.3 is 0 Å². The predicted octanol–water partition coefficient (Wildman–Crippen LogP) is 1.39. The Morgan fingerprint density at radius 2 is 1.87 bits per heavy atom. The molecule has 0 unspecified atom stereocenters. The van der Waals surface area contributed by atoms with Gasteiger partial charge in [0.05, 0.1) is 15.9 Å². The molecule has 130 valence electrons. The zero-order valence-corrected chi connectivity index (χ0v) is 14.8. The summed E-state index contributed by atoms with van der Waals surface area (Å²) in [6.45, 7) is 9.46. The number of hydrogen-bond donors (Lipinski definition) is 1. The molecule has 0 radical (unpaired) electrons. The lowest BCUT2D eigenvalue weighted by atomic mass is 10.1. The highest BCUT2D eigenvalue weighted by Gasteiger charge is 2.22. The number of aryl methyl sites for hydroxylation is 1. The average Bonchev–Trinajstić information content (AvgIpc) is 2.43. The summed E-state index contributed by atoms with van der Waals surface area (Å²) in [5, 5.41) is 2.33. The van der Waals surface area contributed by atoms with E-state index in [4.69, 9.17) is 0 Å². The van der Waals surface area contributed by atoms with E-state index in [9.17, 15) is 17.8 Å². The van der Waals surface area contributed by atoms with Crippen molar-refractivity contribution in [2.75, 3.05) is 5.75 Å². The summed E-state index contributed by atoms with van der Waals surface area (Å²) in [5.41, 5.74) is -1.06. The Morgan fingerprint density at radius 1 is 1.30 bits per heavy atom. The largest absolute Gasteiger partial charge is 0.748 e. The van der Waals surface area contributed by atoms with Crippen molar-refractivity contribution in [1.29, 1.82) is 0 Å². The number of carbonyl (C=O) groups excluding carboxylic acids is 1. The Labute approximate surface area is 139 Å². The second-order valence-electron chi connectivity index (χ2n) is 5.75. The first-order valence-corrected chi connectivity index (χ1v) is 8.99. The summed E-state index contributed by atoms with van der Waals surface area (Å²) in [7, 11) is -4.33. The van der Waals surface area contributed by atoms with E-state index >= 15 is 0 Å². The van der Waals surface area contributed by atoms with Crippen molar-refractivity contribution >= 4 is 16.0 Å². The summed E-state index contributed by atoms with van der Waals surface area (Å²) in [6.07, 6.45) is 7.76. The number of unbranched alkanes of at least 4 members (excludes halogenated alkanes) is 1. The van der Waals surface area contributed by atoms with Gasteiger partial charge in [-0.15, -0.1) is 0 Å². The highest BCUT2D eigenvalue weighted by atomic mass is 32.2. The van der Waals surface area contributed by atoms with Crippen molar-refractivity contribution in [3.8, 4) is 0 Å². The monoisotopic (exact) mass is 342 g/mol. The maximum absolute atomic E-state index is 10.8. The third kappa shape index (κ3) is 12.5. The zero-order chi connectivity index (χ0) is 17.9. The number of aromatic nitrogens is 1. The molecule has 0 spiro atoms. The molecule has 1 aromatic rings. The van der Waals surface area contributed by atoms with Gasteiger partial charge in [0.1, 0.15) is 6.54 Å². The first kappa shape index (κ1) is 21.3. The van der Waals surface area contributed by atoms with Crippen LogP contribution in [0.3, 0.4) is 0 Å². The van der Waals surface area contributed by atoms with Crippen molar-refractivity contribution in [1.82, 2.24) is 5.32 Å². The van der Waals surface area contributed by atoms with Gasteiger partial charge in [0.2, 0.25) is 5.91 Å². The van der Waals surface area contributed by atoms with Crippen LogP contribution in [0.5, 0.6) is 0 Å². The summed E-state index contributed by atoms with van der Waals surface area (Å²) >= 11 is 0. The molecular formula is C16H26N2O4S. The summed E-state index contributed by atoms with van der Waals surface area (Å²) in [5.74, 6) is -1.15. The van der Waals surface area contributed by atoms with E-state index in [1.165, 1.54) is 26.7 Å². The van der Waals surface area contributed by atoms with Crippen LogP contribution in [0.15, 0.2) is 43.2 Å². The highest BCUT2D eigenvalue weighted by Crippen LogP contribution is 2.05. The second-order valence-corrected chi connectivity index (χ2v) is 7.15. The van der Waals surface area contributed by atoms with Crippen LogP contribution in [-0.4, -0.2) is 30.2 Å². The minimum Gasteiger partial charge on any atom is -0.748 e. The molecule has 0 aliphatic rings. The third-order valence-corrected chi connectivity index (χ3v) is 3.81. The minimum atomic E-state index is -4.33. The van der Waals surface area contributed by atoms with E-state index in [0.29, 0.717) is 0 Å². The van der Waals surface area contributed by atoms with E-state index < -0.39 is 27.3 Å². The number of nitrogens with zero attached hydrogens (tertiary/aromatic N) is 1. The van der Waals surface area contributed by atoms with Gasteiger partial charge in [0.25, 0.3) is 0 Å². The van der Waals surface area contributed by atoms with Crippen molar-refractivity contribution in [3.63, 3.8) is 0 Å². The fraction of sp³-hybridized carbons (Fsp3) is 0.500. The SMILES string of the molecule is C=CC(=O)NC(C)(C)CS(=O)(=O)[O-].CCCC[n+]1ccccc1. The van der Waals surface area contributed by atoms with Gasteiger partial charge in [-0.2, -0.15) is 0 Å². The molecule has 1 heterocycles. The smallest absolute Gasteiger partial charge is 0.243 e. The standard InChI is InChI=1S/C9H14N.C7H13NO4S/c1-2-3-7-10-8-5-4-6-9-10;1-4-6(9)8-7(2,3)5-13(10,11)12/h4-6,8-9H,2-3,7H2,1H3;4H,1,5H2,2-3H3,(H,8,9)(H,10,11,12)/q+1;/p-1. The van der Waals surface area contributed by atoms with E-state index in [2.05, 4.69) is 47.9 Å². The lowest BCUT2D eigenvalue weighted by Gasteiger charge is -2.26. The van der Waals surface area contributed by atoms with Crippen LogP contribution in [-0.2, 0) is 21.5 Å². The van der Waals surface area contributed by atoms with Crippen LogP contribution in [0.25, 0.3) is 0 Å². The molecule has 0 bridgehead atoms. The molecule has 7 heteroatoms. The lowest BCUT2D eigenvalue weighted by Crippen LogP contribution is -2.47. The normalized spacial score (nSPS) is 11.1. The fourth-order valence-corrected chi connectivity index (χ4v) is 2.74. The quantitative estimate of drug-likeness (QED) is 0.460. The molecule has 6 nitrogen and oxygen atoms in total. The molecule has 0 aromatic carbocycles. The molecule has 1 amide bonds. The van der Waals surface area contributed by atoms with Crippen LogP contribution in [0, 0.1) is 0 Å². The van der Waals surface area contributed by atoms with Gasteiger partial charge < -0.3 is 9.87 Å². The molecule has 1 N–H and O–H groups in total. The maximum Gasteiger partial charge on any atom is 0.243 e. The Bertz CT molecular complexity index is 583. The number of hydrogen-bond acceptors (Lipinski definition) is 4. The average molecular weight is 342 g/mol. The molecule has 1 aromatic heterocycles. The molecule has 0 aliphatic heterocycles. The molecule has 0 saturated carbocycles. The second kappa shape index (κ2) is 10.1. The Hall–Kier alpha value is -1.73. The lowest BCUT2D eigenvalue weighted by molar-refractivity contribution is -0.697. The predicted molar refractivity (Wildman–Crippen MR) is 88.5 cm³/mol. The van der Waals surface area contributed by atoms with Crippen LogP contribution < -0.4 is 9.88 Å². The van der Waals surface area contributed by atoms with Crippen molar-refractivity contribution in [3.05, 3.63) is 43.2 Å². The molecule has 0 fully saturated rings. The zero-order valence-electron chi connectivity index (χ0n) is 14.0. The molecular weight excluding hydrogens is 316 g/mol. The van der Waals surface area contributed by atoms with E-state index in [0.717, 1.165) is 12.6 Å². The van der Waals surface area contributed by atoms with E-state index in [1.807, 2.05) is 6.07 Å². The third-order valence-electron chi connectivity index (χ3n) is 2.73. The first-order chi connectivity index (χ1) is 10.6.